The Kier molecular flexibility index (Phi) is 6.68. The summed E-state index contributed by atoms with van der Waals surface area (Å²) in [5.41, 5.74) is 5.23. The van der Waals surface area contributed by atoms with Crippen LogP contribution < -0.4 is 5.43 Å². The number of halogens is 1. The van der Waals surface area contributed by atoms with E-state index in [4.69, 9.17) is 11.6 Å². The Balaban J connectivity index is 1.91. The molecule has 23 heavy (non-hydrogen) atoms. The van der Waals surface area contributed by atoms with E-state index in [-0.39, 0.29) is 5.91 Å². The highest BCUT2D eigenvalue weighted by molar-refractivity contribution is 7.98. The van der Waals surface area contributed by atoms with Crippen molar-refractivity contribution >= 4 is 35.0 Å². The van der Waals surface area contributed by atoms with Gasteiger partial charge >= 0.3 is 0 Å². The smallest absolute Gasteiger partial charge is 0.267 e. The van der Waals surface area contributed by atoms with Crippen molar-refractivity contribution in [3.05, 3.63) is 64.7 Å². The SMILES string of the molecule is CC/C(C)=N/NC(=O)c1ccc(CSc2ccc(Cl)cc2)cc1. The molecule has 0 aliphatic rings. The maximum Gasteiger partial charge on any atom is 0.271 e. The van der Waals surface area contributed by atoms with Crippen molar-refractivity contribution in [1.82, 2.24) is 5.43 Å². The Labute approximate surface area is 146 Å². The first-order chi connectivity index (χ1) is 11.1. The topological polar surface area (TPSA) is 41.5 Å². The average molecular weight is 347 g/mol. The molecule has 0 spiro atoms. The molecule has 0 aromatic heterocycles. The predicted octanol–water partition coefficient (Wildman–Crippen LogP) is 5.15. The number of carbonyl (C=O) groups is 1. The lowest BCUT2D eigenvalue weighted by Crippen LogP contribution is -2.18. The minimum Gasteiger partial charge on any atom is -0.267 e. The van der Waals surface area contributed by atoms with E-state index in [0.29, 0.717) is 5.56 Å². The second-order valence-corrected chi connectivity index (χ2v) is 6.57. The summed E-state index contributed by atoms with van der Waals surface area (Å²) < 4.78 is 0. The third-order valence-corrected chi connectivity index (χ3v) is 4.63. The van der Waals surface area contributed by atoms with Crippen LogP contribution in [0.15, 0.2) is 58.5 Å². The van der Waals surface area contributed by atoms with Gasteiger partial charge in [0.2, 0.25) is 0 Å². The number of nitrogens with zero attached hydrogens (tertiary/aromatic N) is 1. The molecule has 2 rings (SSSR count). The molecule has 0 saturated carbocycles. The largest absolute Gasteiger partial charge is 0.271 e. The Hall–Kier alpha value is -1.78. The van der Waals surface area contributed by atoms with Crippen molar-refractivity contribution in [3.8, 4) is 0 Å². The lowest BCUT2D eigenvalue weighted by molar-refractivity contribution is 0.0954. The third-order valence-electron chi connectivity index (χ3n) is 3.30. The van der Waals surface area contributed by atoms with Crippen molar-refractivity contribution in [3.63, 3.8) is 0 Å². The van der Waals surface area contributed by atoms with E-state index in [2.05, 4.69) is 10.5 Å². The standard InChI is InChI=1S/C18H19ClN2OS/c1-3-13(2)20-21-18(22)15-6-4-14(5-7-15)12-23-17-10-8-16(19)9-11-17/h4-11H,3,12H2,1-2H3,(H,21,22)/b20-13+. The first-order valence-electron chi connectivity index (χ1n) is 7.39. The normalized spacial score (nSPS) is 11.3. The van der Waals surface area contributed by atoms with E-state index in [1.165, 1.54) is 4.90 Å². The Bertz CT molecular complexity index is 681. The minimum atomic E-state index is -0.185. The highest BCUT2D eigenvalue weighted by Crippen LogP contribution is 2.24. The van der Waals surface area contributed by atoms with Crippen LogP contribution in [0, 0.1) is 0 Å². The van der Waals surface area contributed by atoms with Gasteiger partial charge in [0.25, 0.3) is 5.91 Å². The predicted molar refractivity (Wildman–Crippen MR) is 98.3 cm³/mol. The minimum absolute atomic E-state index is 0.185. The molecule has 2 aromatic rings. The summed E-state index contributed by atoms with van der Waals surface area (Å²) in [4.78, 5) is 13.1. The van der Waals surface area contributed by atoms with Crippen molar-refractivity contribution in [2.75, 3.05) is 0 Å². The maximum absolute atomic E-state index is 12.0. The molecule has 0 heterocycles. The quantitative estimate of drug-likeness (QED) is 0.446. The Morgan fingerprint density at radius 3 is 2.39 bits per heavy atom. The van der Waals surface area contributed by atoms with E-state index >= 15 is 0 Å². The molecule has 0 atom stereocenters. The molecule has 1 amide bonds. The fourth-order valence-corrected chi connectivity index (χ4v) is 2.72. The number of hydrogen-bond donors (Lipinski definition) is 1. The van der Waals surface area contributed by atoms with E-state index in [1.54, 1.807) is 11.8 Å². The van der Waals surface area contributed by atoms with Crippen LogP contribution >= 0.6 is 23.4 Å². The number of nitrogens with one attached hydrogen (secondary N) is 1. The van der Waals surface area contributed by atoms with E-state index < -0.39 is 0 Å². The summed E-state index contributed by atoms with van der Waals surface area (Å²) in [5, 5.41) is 4.77. The van der Waals surface area contributed by atoms with Crippen LogP contribution in [0.25, 0.3) is 0 Å². The molecule has 1 N–H and O–H groups in total. The van der Waals surface area contributed by atoms with E-state index in [9.17, 15) is 4.79 Å². The van der Waals surface area contributed by atoms with Gasteiger partial charge in [0, 0.05) is 26.9 Å². The van der Waals surface area contributed by atoms with Gasteiger partial charge in [-0.15, -0.1) is 11.8 Å². The van der Waals surface area contributed by atoms with Crippen LogP contribution in [0.5, 0.6) is 0 Å². The summed E-state index contributed by atoms with van der Waals surface area (Å²) in [6, 6.07) is 15.4. The summed E-state index contributed by atoms with van der Waals surface area (Å²) in [5.74, 6) is 0.658. The van der Waals surface area contributed by atoms with Gasteiger partial charge in [0.15, 0.2) is 0 Å². The second kappa shape index (κ2) is 8.75. The van der Waals surface area contributed by atoms with Gasteiger partial charge in [-0.05, 0) is 55.3 Å². The number of hydrogen-bond acceptors (Lipinski definition) is 3. The van der Waals surface area contributed by atoms with Gasteiger partial charge in [-0.2, -0.15) is 5.10 Å². The van der Waals surface area contributed by atoms with Crippen LogP contribution in [0.2, 0.25) is 5.02 Å². The highest BCUT2D eigenvalue weighted by atomic mass is 35.5. The molecule has 120 valence electrons. The zero-order chi connectivity index (χ0) is 16.7. The lowest BCUT2D eigenvalue weighted by Gasteiger charge is -2.05. The Morgan fingerprint density at radius 2 is 1.78 bits per heavy atom. The molecule has 0 saturated heterocycles. The van der Waals surface area contributed by atoms with Crippen molar-refractivity contribution in [2.24, 2.45) is 5.10 Å². The first kappa shape index (κ1) is 17.6. The van der Waals surface area contributed by atoms with Crippen LogP contribution in [0.4, 0.5) is 0 Å². The van der Waals surface area contributed by atoms with Gasteiger partial charge in [0.1, 0.15) is 0 Å². The second-order valence-electron chi connectivity index (χ2n) is 5.08. The van der Waals surface area contributed by atoms with Crippen LogP contribution in [0.3, 0.4) is 0 Å². The van der Waals surface area contributed by atoms with E-state index in [0.717, 1.165) is 28.5 Å². The Morgan fingerprint density at radius 1 is 1.13 bits per heavy atom. The zero-order valence-electron chi connectivity index (χ0n) is 13.2. The fraction of sp³-hybridized carbons (Fsp3) is 0.222. The molecular formula is C18H19ClN2OS. The van der Waals surface area contributed by atoms with Crippen molar-refractivity contribution in [1.29, 1.82) is 0 Å². The molecule has 0 fully saturated rings. The monoisotopic (exact) mass is 346 g/mol. The number of amides is 1. The molecule has 0 unspecified atom stereocenters. The van der Waals surface area contributed by atoms with Crippen molar-refractivity contribution in [2.45, 2.75) is 30.9 Å². The molecule has 2 aromatic carbocycles. The molecule has 5 heteroatoms. The third kappa shape index (κ3) is 5.73. The van der Waals surface area contributed by atoms with Crippen LogP contribution in [-0.4, -0.2) is 11.6 Å². The summed E-state index contributed by atoms with van der Waals surface area (Å²) in [6.07, 6.45) is 0.821. The number of thioether (sulfide) groups is 1. The number of carbonyl (C=O) groups excluding carboxylic acids is 1. The zero-order valence-corrected chi connectivity index (χ0v) is 14.7. The number of rotatable bonds is 6. The summed E-state index contributed by atoms with van der Waals surface area (Å²) in [7, 11) is 0. The van der Waals surface area contributed by atoms with Crippen LogP contribution in [0.1, 0.15) is 36.2 Å². The summed E-state index contributed by atoms with van der Waals surface area (Å²) in [6.45, 7) is 3.88. The molecule has 0 aliphatic heterocycles. The highest BCUT2D eigenvalue weighted by Gasteiger charge is 2.04. The average Bonchev–Trinajstić information content (AvgIpc) is 2.59. The number of benzene rings is 2. The first-order valence-corrected chi connectivity index (χ1v) is 8.75. The lowest BCUT2D eigenvalue weighted by atomic mass is 10.1. The molecule has 0 aliphatic carbocycles. The van der Waals surface area contributed by atoms with E-state index in [1.807, 2.05) is 62.4 Å². The fourth-order valence-electron chi connectivity index (χ4n) is 1.74. The molecular weight excluding hydrogens is 328 g/mol. The number of hydrazone groups is 1. The van der Waals surface area contributed by atoms with Gasteiger partial charge in [-0.25, -0.2) is 5.43 Å². The molecule has 3 nitrogen and oxygen atoms in total. The van der Waals surface area contributed by atoms with Crippen molar-refractivity contribution < 1.29 is 4.79 Å². The molecule has 0 radical (unpaired) electrons. The summed E-state index contributed by atoms with van der Waals surface area (Å²) >= 11 is 7.61. The van der Waals surface area contributed by atoms with Gasteiger partial charge in [-0.3, -0.25) is 4.79 Å². The van der Waals surface area contributed by atoms with Gasteiger partial charge < -0.3 is 0 Å². The maximum atomic E-state index is 12.0. The van der Waals surface area contributed by atoms with Gasteiger partial charge in [-0.1, -0.05) is 30.7 Å². The molecule has 0 bridgehead atoms. The van der Waals surface area contributed by atoms with Crippen LogP contribution in [-0.2, 0) is 5.75 Å². The van der Waals surface area contributed by atoms with Gasteiger partial charge in [0.05, 0.1) is 0 Å².